The van der Waals surface area contributed by atoms with Crippen LogP contribution in [0, 0.1) is 0 Å². The molecule has 0 bridgehead atoms. The van der Waals surface area contributed by atoms with Crippen molar-refractivity contribution in [3.8, 4) is 5.75 Å². The molecule has 0 spiro atoms. The smallest absolute Gasteiger partial charge is 0.255 e. The summed E-state index contributed by atoms with van der Waals surface area (Å²) in [7, 11) is 1.66. The first-order chi connectivity index (χ1) is 14.1. The molecule has 3 rings (SSSR count). The molecule has 0 atom stereocenters. The third kappa shape index (κ3) is 5.42. The maximum Gasteiger partial charge on any atom is 0.255 e. The molecule has 2 aromatic carbocycles. The molecule has 0 saturated carbocycles. The van der Waals surface area contributed by atoms with Gasteiger partial charge in [-0.25, -0.2) is 4.98 Å². The molecule has 0 radical (unpaired) electrons. The van der Waals surface area contributed by atoms with Crippen molar-refractivity contribution in [3.63, 3.8) is 0 Å². The summed E-state index contributed by atoms with van der Waals surface area (Å²) in [6.45, 7) is 2.16. The Labute approximate surface area is 169 Å². The lowest BCUT2D eigenvalue weighted by Gasteiger charge is -2.10. The Morgan fingerprint density at radius 1 is 1.00 bits per heavy atom. The first-order valence-electron chi connectivity index (χ1n) is 9.31. The highest BCUT2D eigenvalue weighted by Crippen LogP contribution is 2.18. The van der Waals surface area contributed by atoms with E-state index in [9.17, 15) is 9.59 Å². The highest BCUT2D eigenvalue weighted by molar-refractivity contribution is 6.05. The predicted molar refractivity (Wildman–Crippen MR) is 114 cm³/mol. The number of nitrogens with zero attached hydrogens (tertiary/aromatic N) is 1. The number of pyridine rings is 1. The number of Topliss-reactive ketones (excluding diaryl/α,β-unsaturated/α-hetero) is 1. The molecule has 0 unspecified atom stereocenters. The zero-order valence-electron chi connectivity index (χ0n) is 16.4. The van der Waals surface area contributed by atoms with Gasteiger partial charge in [0.15, 0.2) is 5.78 Å². The fraction of sp³-hybridized carbons (Fsp3) is 0.174. The number of anilines is 2. The van der Waals surface area contributed by atoms with Crippen LogP contribution in [0.25, 0.3) is 0 Å². The lowest BCUT2D eigenvalue weighted by molar-refractivity contribution is 0.101. The molecule has 1 aromatic heterocycles. The number of methoxy groups -OCH3 is 1. The van der Waals surface area contributed by atoms with Crippen LogP contribution < -0.4 is 15.4 Å². The highest BCUT2D eigenvalue weighted by Gasteiger charge is 2.09. The average Bonchev–Trinajstić information content (AvgIpc) is 2.74. The van der Waals surface area contributed by atoms with Crippen LogP contribution >= 0.6 is 0 Å². The molecule has 0 aliphatic carbocycles. The molecular weight excluding hydrogens is 366 g/mol. The summed E-state index contributed by atoms with van der Waals surface area (Å²) in [4.78, 5) is 28.1. The number of aromatic nitrogens is 1. The van der Waals surface area contributed by atoms with Crippen molar-refractivity contribution in [1.82, 2.24) is 4.98 Å². The molecule has 6 heteroatoms. The summed E-state index contributed by atoms with van der Waals surface area (Å²) in [5.41, 5.74) is 2.83. The largest absolute Gasteiger partial charge is 0.496 e. The van der Waals surface area contributed by atoms with Gasteiger partial charge in [-0.2, -0.15) is 0 Å². The van der Waals surface area contributed by atoms with Gasteiger partial charge in [-0.05, 0) is 61.4 Å². The van der Waals surface area contributed by atoms with E-state index >= 15 is 0 Å². The fourth-order valence-corrected chi connectivity index (χ4v) is 2.89. The molecule has 6 nitrogen and oxygen atoms in total. The van der Waals surface area contributed by atoms with E-state index in [2.05, 4.69) is 15.6 Å². The van der Waals surface area contributed by atoms with Gasteiger partial charge in [0.2, 0.25) is 0 Å². The number of carbonyl (C=O) groups excluding carboxylic acids is 2. The van der Waals surface area contributed by atoms with Crippen LogP contribution in [-0.2, 0) is 6.42 Å². The van der Waals surface area contributed by atoms with Crippen molar-refractivity contribution in [2.75, 3.05) is 24.3 Å². The van der Waals surface area contributed by atoms with Crippen LogP contribution in [0.1, 0.15) is 33.2 Å². The molecule has 29 heavy (non-hydrogen) atoms. The maximum absolute atomic E-state index is 12.5. The van der Waals surface area contributed by atoms with Gasteiger partial charge in [0.25, 0.3) is 5.91 Å². The Morgan fingerprint density at radius 2 is 1.76 bits per heavy atom. The normalized spacial score (nSPS) is 10.3. The molecule has 0 fully saturated rings. The minimum absolute atomic E-state index is 0.0131. The van der Waals surface area contributed by atoms with Crippen LogP contribution in [0.3, 0.4) is 0 Å². The SMILES string of the molecule is COc1ccccc1CCNc1cc(C(=O)Nc2ccc(C(C)=O)cc2)ccn1. The monoisotopic (exact) mass is 389 g/mol. The summed E-state index contributed by atoms with van der Waals surface area (Å²) < 4.78 is 5.36. The molecule has 3 aromatic rings. The first-order valence-corrected chi connectivity index (χ1v) is 9.31. The standard InChI is InChI=1S/C23H23N3O3/c1-16(27)17-7-9-20(10-8-17)26-23(28)19-12-14-25-22(15-19)24-13-11-18-5-3-4-6-21(18)29-2/h3-10,12,14-15H,11,13H2,1-2H3,(H,24,25)(H,26,28). The molecular formula is C23H23N3O3. The van der Waals surface area contributed by atoms with Crippen molar-refractivity contribution >= 4 is 23.2 Å². The summed E-state index contributed by atoms with van der Waals surface area (Å²) in [5.74, 6) is 1.22. The maximum atomic E-state index is 12.5. The van der Waals surface area contributed by atoms with Crippen molar-refractivity contribution < 1.29 is 14.3 Å². The number of para-hydroxylation sites is 1. The second-order valence-electron chi connectivity index (χ2n) is 6.51. The van der Waals surface area contributed by atoms with Crippen LogP contribution in [0.4, 0.5) is 11.5 Å². The average molecular weight is 389 g/mol. The van der Waals surface area contributed by atoms with Crippen molar-refractivity contribution in [2.24, 2.45) is 0 Å². The second kappa shape index (κ2) is 9.50. The first kappa shape index (κ1) is 20.1. The number of hydrogen-bond donors (Lipinski definition) is 2. The van der Waals surface area contributed by atoms with E-state index < -0.39 is 0 Å². The van der Waals surface area contributed by atoms with Gasteiger partial charge in [-0.1, -0.05) is 18.2 Å². The van der Waals surface area contributed by atoms with E-state index in [4.69, 9.17) is 4.74 Å². The quantitative estimate of drug-likeness (QED) is 0.565. The fourth-order valence-electron chi connectivity index (χ4n) is 2.89. The summed E-state index contributed by atoms with van der Waals surface area (Å²) in [5, 5.41) is 6.07. The number of ketones is 1. The summed E-state index contributed by atoms with van der Waals surface area (Å²) in [6.07, 6.45) is 2.36. The van der Waals surface area contributed by atoms with Gasteiger partial charge in [-0.3, -0.25) is 9.59 Å². The van der Waals surface area contributed by atoms with E-state index in [1.165, 1.54) is 6.92 Å². The molecule has 0 saturated heterocycles. The van der Waals surface area contributed by atoms with Crippen LogP contribution in [0.2, 0.25) is 0 Å². The number of benzene rings is 2. The number of nitrogens with one attached hydrogen (secondary N) is 2. The molecule has 148 valence electrons. The van der Waals surface area contributed by atoms with E-state index in [0.29, 0.717) is 29.2 Å². The lowest BCUT2D eigenvalue weighted by atomic mass is 10.1. The number of hydrogen-bond acceptors (Lipinski definition) is 5. The minimum Gasteiger partial charge on any atom is -0.496 e. The van der Waals surface area contributed by atoms with Gasteiger partial charge in [0, 0.05) is 29.6 Å². The van der Waals surface area contributed by atoms with Crippen molar-refractivity contribution in [1.29, 1.82) is 0 Å². The van der Waals surface area contributed by atoms with Gasteiger partial charge in [-0.15, -0.1) is 0 Å². The zero-order chi connectivity index (χ0) is 20.6. The lowest BCUT2D eigenvalue weighted by Crippen LogP contribution is -2.13. The number of ether oxygens (including phenoxy) is 1. The Morgan fingerprint density at radius 3 is 2.48 bits per heavy atom. The number of rotatable bonds is 8. The van der Waals surface area contributed by atoms with Gasteiger partial charge < -0.3 is 15.4 Å². The molecule has 0 aliphatic rings. The van der Waals surface area contributed by atoms with Crippen molar-refractivity contribution in [2.45, 2.75) is 13.3 Å². The summed E-state index contributed by atoms with van der Waals surface area (Å²) >= 11 is 0. The summed E-state index contributed by atoms with van der Waals surface area (Å²) in [6, 6.07) is 18.0. The minimum atomic E-state index is -0.240. The van der Waals surface area contributed by atoms with Crippen molar-refractivity contribution in [3.05, 3.63) is 83.6 Å². The van der Waals surface area contributed by atoms with E-state index in [0.717, 1.165) is 17.7 Å². The predicted octanol–water partition coefficient (Wildman–Crippen LogP) is 4.20. The van der Waals surface area contributed by atoms with Crippen LogP contribution in [0.5, 0.6) is 5.75 Å². The third-order valence-electron chi connectivity index (χ3n) is 4.46. The Kier molecular flexibility index (Phi) is 6.58. The Hall–Kier alpha value is -3.67. The van der Waals surface area contributed by atoms with E-state index in [1.807, 2.05) is 24.3 Å². The number of amides is 1. The van der Waals surface area contributed by atoms with Gasteiger partial charge in [0.05, 0.1) is 7.11 Å². The van der Waals surface area contributed by atoms with E-state index in [1.54, 1.807) is 49.7 Å². The molecule has 0 aliphatic heterocycles. The van der Waals surface area contributed by atoms with Crippen LogP contribution in [-0.4, -0.2) is 30.3 Å². The second-order valence-corrected chi connectivity index (χ2v) is 6.51. The molecule has 2 N–H and O–H groups in total. The highest BCUT2D eigenvalue weighted by atomic mass is 16.5. The zero-order valence-corrected chi connectivity index (χ0v) is 16.4. The molecule has 1 heterocycles. The Balaban J connectivity index is 1.59. The van der Waals surface area contributed by atoms with Gasteiger partial charge >= 0.3 is 0 Å². The topological polar surface area (TPSA) is 80.3 Å². The van der Waals surface area contributed by atoms with E-state index in [-0.39, 0.29) is 11.7 Å². The van der Waals surface area contributed by atoms with Gasteiger partial charge in [0.1, 0.15) is 11.6 Å². The Bertz CT molecular complexity index is 1000. The molecule has 1 amide bonds. The van der Waals surface area contributed by atoms with Crippen LogP contribution in [0.15, 0.2) is 66.9 Å². The number of carbonyl (C=O) groups is 2. The third-order valence-corrected chi connectivity index (χ3v) is 4.46.